The number of nitrogens with one attached hydrogen (secondary N) is 2. The Kier molecular flexibility index (Phi) is 6.21. The molecule has 0 saturated heterocycles. The van der Waals surface area contributed by atoms with E-state index in [4.69, 9.17) is 4.42 Å². The molecule has 2 N–H and O–H groups in total. The van der Waals surface area contributed by atoms with Gasteiger partial charge < -0.3 is 9.73 Å². The van der Waals surface area contributed by atoms with Crippen LogP contribution in [0, 0.1) is 5.92 Å². The Morgan fingerprint density at radius 2 is 1.92 bits per heavy atom. The van der Waals surface area contributed by atoms with Gasteiger partial charge in [-0.25, -0.2) is 4.98 Å². The fraction of sp³-hybridized carbons (Fsp3) is 0.526. The summed E-state index contributed by atoms with van der Waals surface area (Å²) in [5, 5.41) is 4.23. The van der Waals surface area contributed by atoms with E-state index >= 15 is 0 Å². The highest BCUT2D eigenvalue weighted by atomic mass is 32.2. The van der Waals surface area contributed by atoms with E-state index in [1.807, 2.05) is 11.9 Å². The van der Waals surface area contributed by atoms with E-state index in [2.05, 4.69) is 53.1 Å². The molecule has 24 heavy (non-hydrogen) atoms. The van der Waals surface area contributed by atoms with Gasteiger partial charge in [0.2, 0.25) is 5.89 Å². The average Bonchev–Trinajstić information content (AvgIpc) is 3.14. The first-order valence-electron chi connectivity index (χ1n) is 8.85. The van der Waals surface area contributed by atoms with Crippen LogP contribution in [0.4, 0.5) is 5.69 Å². The first-order chi connectivity index (χ1) is 11.7. The van der Waals surface area contributed by atoms with E-state index in [0.717, 1.165) is 18.0 Å². The molecule has 4 nitrogen and oxygen atoms in total. The molecular formula is C19H27N3OS. The third-order valence-electron chi connectivity index (χ3n) is 4.48. The highest BCUT2D eigenvalue weighted by Crippen LogP contribution is 2.27. The van der Waals surface area contributed by atoms with Gasteiger partial charge in [-0.1, -0.05) is 25.8 Å². The summed E-state index contributed by atoms with van der Waals surface area (Å²) in [4.78, 5) is 4.17. The molecule has 1 saturated carbocycles. The Bertz CT molecular complexity index is 590. The molecule has 0 aliphatic heterocycles. The Hall–Kier alpha value is -1.46. The molecular weight excluding hydrogens is 318 g/mol. The summed E-state index contributed by atoms with van der Waals surface area (Å²) in [5.74, 6) is 1.45. The summed E-state index contributed by atoms with van der Waals surface area (Å²) >= 11 is 1.87. The number of hydrogen-bond acceptors (Lipinski definition) is 5. The molecule has 1 fully saturated rings. The van der Waals surface area contributed by atoms with Gasteiger partial charge >= 0.3 is 0 Å². The summed E-state index contributed by atoms with van der Waals surface area (Å²) in [6.07, 6.45) is 8.46. The van der Waals surface area contributed by atoms with Crippen LogP contribution in [0.25, 0.3) is 11.5 Å². The monoisotopic (exact) mass is 345 g/mol. The maximum Gasteiger partial charge on any atom is 0.225 e. The van der Waals surface area contributed by atoms with Gasteiger partial charge in [0.1, 0.15) is 6.26 Å². The van der Waals surface area contributed by atoms with Crippen LogP contribution in [-0.4, -0.2) is 22.8 Å². The standard InChI is InChI=1S/C19H27N3OS/c1-14(2)24-22-18-7-3-15(4-8-18)13-21-17-9-5-16(6-10-17)19-20-11-12-23-19/h5-6,9-12,14-15,18,21-22H,3-4,7-8,13H2,1-2H3/t15-,18-. The first kappa shape index (κ1) is 17.4. The van der Waals surface area contributed by atoms with Crippen molar-refractivity contribution in [1.29, 1.82) is 0 Å². The van der Waals surface area contributed by atoms with Crippen molar-refractivity contribution in [3.8, 4) is 11.5 Å². The number of hydrogen-bond donors (Lipinski definition) is 2. The number of oxazole rings is 1. The zero-order chi connectivity index (χ0) is 16.8. The van der Waals surface area contributed by atoms with Crippen LogP contribution in [0.1, 0.15) is 39.5 Å². The maximum atomic E-state index is 5.32. The topological polar surface area (TPSA) is 50.1 Å². The molecule has 1 aliphatic rings. The smallest absolute Gasteiger partial charge is 0.225 e. The number of anilines is 1. The Balaban J connectivity index is 1.40. The van der Waals surface area contributed by atoms with Crippen molar-refractivity contribution in [2.45, 2.75) is 50.8 Å². The van der Waals surface area contributed by atoms with Gasteiger partial charge in [0.25, 0.3) is 0 Å². The molecule has 0 bridgehead atoms. The fourth-order valence-electron chi connectivity index (χ4n) is 3.08. The van der Waals surface area contributed by atoms with E-state index < -0.39 is 0 Å². The number of aromatic nitrogens is 1. The van der Waals surface area contributed by atoms with E-state index in [1.165, 1.54) is 31.4 Å². The molecule has 0 radical (unpaired) electrons. The van der Waals surface area contributed by atoms with Gasteiger partial charge in [-0.3, -0.25) is 4.72 Å². The molecule has 0 atom stereocenters. The van der Waals surface area contributed by atoms with Gasteiger partial charge in [0, 0.05) is 29.1 Å². The van der Waals surface area contributed by atoms with E-state index in [0.29, 0.717) is 17.2 Å². The van der Waals surface area contributed by atoms with Crippen molar-refractivity contribution >= 4 is 17.6 Å². The van der Waals surface area contributed by atoms with E-state index in [-0.39, 0.29) is 0 Å². The lowest BCUT2D eigenvalue weighted by Crippen LogP contribution is -2.31. The van der Waals surface area contributed by atoms with Crippen molar-refractivity contribution in [2.24, 2.45) is 5.92 Å². The van der Waals surface area contributed by atoms with Gasteiger partial charge in [-0.05, 0) is 55.9 Å². The van der Waals surface area contributed by atoms with Crippen molar-refractivity contribution < 1.29 is 4.42 Å². The van der Waals surface area contributed by atoms with E-state index in [9.17, 15) is 0 Å². The minimum Gasteiger partial charge on any atom is -0.445 e. The third-order valence-corrected chi connectivity index (χ3v) is 5.42. The second-order valence-corrected chi connectivity index (χ2v) is 8.21. The van der Waals surface area contributed by atoms with Crippen molar-refractivity contribution in [3.63, 3.8) is 0 Å². The molecule has 0 spiro atoms. The predicted octanol–water partition coefficient (Wildman–Crippen LogP) is 4.96. The maximum absolute atomic E-state index is 5.32. The lowest BCUT2D eigenvalue weighted by molar-refractivity contribution is 0.328. The molecule has 2 aromatic rings. The number of benzene rings is 1. The highest BCUT2D eigenvalue weighted by Gasteiger charge is 2.21. The van der Waals surface area contributed by atoms with Crippen LogP contribution in [-0.2, 0) is 0 Å². The van der Waals surface area contributed by atoms with Crippen molar-refractivity contribution in [3.05, 3.63) is 36.7 Å². The SMILES string of the molecule is CC(C)SN[C@H]1CC[C@H](CNc2ccc(-c3ncco3)cc2)CC1. The predicted molar refractivity (Wildman–Crippen MR) is 102 cm³/mol. The zero-order valence-corrected chi connectivity index (χ0v) is 15.3. The van der Waals surface area contributed by atoms with Crippen LogP contribution in [0.5, 0.6) is 0 Å². The average molecular weight is 346 g/mol. The number of nitrogens with zero attached hydrogens (tertiary/aromatic N) is 1. The molecule has 1 aromatic carbocycles. The Morgan fingerprint density at radius 1 is 1.17 bits per heavy atom. The quantitative estimate of drug-likeness (QED) is 0.695. The zero-order valence-electron chi connectivity index (χ0n) is 14.5. The normalized spacial score (nSPS) is 21.1. The summed E-state index contributed by atoms with van der Waals surface area (Å²) in [5.41, 5.74) is 2.18. The van der Waals surface area contributed by atoms with Gasteiger partial charge in [0.05, 0.1) is 6.20 Å². The van der Waals surface area contributed by atoms with Crippen LogP contribution in [0.15, 0.2) is 41.1 Å². The van der Waals surface area contributed by atoms with Gasteiger partial charge in [-0.2, -0.15) is 0 Å². The van der Waals surface area contributed by atoms with Crippen LogP contribution in [0.3, 0.4) is 0 Å². The van der Waals surface area contributed by atoms with Crippen molar-refractivity contribution in [1.82, 2.24) is 9.71 Å². The van der Waals surface area contributed by atoms with Crippen LogP contribution in [0.2, 0.25) is 0 Å². The lowest BCUT2D eigenvalue weighted by Gasteiger charge is -2.29. The molecule has 1 aromatic heterocycles. The highest BCUT2D eigenvalue weighted by molar-refractivity contribution is 7.98. The molecule has 1 heterocycles. The number of rotatable bonds is 7. The van der Waals surface area contributed by atoms with Gasteiger partial charge in [-0.15, -0.1) is 0 Å². The molecule has 0 amide bonds. The second kappa shape index (κ2) is 8.58. The molecule has 3 rings (SSSR count). The third kappa shape index (κ3) is 5.02. The summed E-state index contributed by atoms with van der Waals surface area (Å²) < 4.78 is 8.94. The van der Waals surface area contributed by atoms with Crippen LogP contribution >= 0.6 is 11.9 Å². The lowest BCUT2D eigenvalue weighted by atomic mass is 9.86. The molecule has 0 unspecified atom stereocenters. The summed E-state index contributed by atoms with van der Waals surface area (Å²) in [7, 11) is 0. The summed E-state index contributed by atoms with van der Waals surface area (Å²) in [6.45, 7) is 5.53. The van der Waals surface area contributed by atoms with Crippen LogP contribution < -0.4 is 10.0 Å². The second-order valence-electron chi connectivity index (χ2n) is 6.80. The summed E-state index contributed by atoms with van der Waals surface area (Å²) in [6, 6.07) is 9.00. The molecule has 5 heteroatoms. The van der Waals surface area contributed by atoms with E-state index in [1.54, 1.807) is 12.5 Å². The fourth-order valence-corrected chi connectivity index (χ4v) is 3.78. The minimum absolute atomic E-state index is 0.656. The Labute approximate surface area is 149 Å². The van der Waals surface area contributed by atoms with Gasteiger partial charge in [0.15, 0.2) is 0 Å². The Morgan fingerprint density at radius 3 is 2.54 bits per heavy atom. The first-order valence-corrected chi connectivity index (χ1v) is 9.73. The molecule has 130 valence electrons. The molecule has 1 aliphatic carbocycles. The van der Waals surface area contributed by atoms with Crippen molar-refractivity contribution in [2.75, 3.05) is 11.9 Å². The largest absolute Gasteiger partial charge is 0.445 e. The minimum atomic E-state index is 0.656.